The number of allylic oxidation sites excluding steroid dienone is 1. The van der Waals surface area contributed by atoms with E-state index >= 15 is 0 Å². The van der Waals surface area contributed by atoms with E-state index in [9.17, 15) is 4.79 Å². The Hall–Kier alpha value is -2.92. The third-order valence-corrected chi connectivity index (χ3v) is 5.37. The van der Waals surface area contributed by atoms with Crippen molar-refractivity contribution >= 4 is 29.2 Å². The number of anilines is 1. The van der Waals surface area contributed by atoms with Crippen LogP contribution in [0.1, 0.15) is 11.1 Å². The van der Waals surface area contributed by atoms with Gasteiger partial charge in [-0.25, -0.2) is 4.99 Å². The van der Waals surface area contributed by atoms with Crippen molar-refractivity contribution in [3.05, 3.63) is 91.5 Å². The minimum absolute atomic E-state index is 0.0169. The van der Waals surface area contributed by atoms with Crippen LogP contribution >= 0.6 is 11.3 Å². The van der Waals surface area contributed by atoms with Gasteiger partial charge in [0.15, 0.2) is 4.80 Å². The number of nitrogens with zero attached hydrogens (tertiary/aromatic N) is 3. The molecule has 1 aromatic heterocycles. The molecule has 0 atom stereocenters. The van der Waals surface area contributed by atoms with E-state index in [1.165, 1.54) is 16.9 Å². The summed E-state index contributed by atoms with van der Waals surface area (Å²) in [5, 5.41) is 0. The molecule has 0 saturated heterocycles. The maximum absolute atomic E-state index is 12.7. The normalized spacial score (nSPS) is 14.5. The van der Waals surface area contributed by atoms with Crippen LogP contribution in [0.4, 0.5) is 5.69 Å². The number of benzene rings is 2. The van der Waals surface area contributed by atoms with E-state index in [0.717, 1.165) is 16.1 Å². The van der Waals surface area contributed by atoms with Crippen molar-refractivity contribution in [3.8, 4) is 0 Å². The lowest BCUT2D eigenvalue weighted by atomic mass is 10.2. The topological polar surface area (TPSA) is 37.6 Å². The van der Waals surface area contributed by atoms with Crippen LogP contribution in [-0.4, -0.2) is 11.2 Å². The van der Waals surface area contributed by atoms with Crippen LogP contribution < -0.4 is 19.8 Å². The molecule has 0 amide bonds. The second-order valence-corrected chi connectivity index (χ2v) is 7.24. The summed E-state index contributed by atoms with van der Waals surface area (Å²) in [7, 11) is 0. The van der Waals surface area contributed by atoms with Gasteiger partial charge in [-0.1, -0.05) is 71.5 Å². The molecule has 0 N–H and O–H groups in total. The van der Waals surface area contributed by atoms with Gasteiger partial charge in [-0.2, -0.15) is 0 Å². The molecule has 0 bridgehead atoms. The van der Waals surface area contributed by atoms with Gasteiger partial charge in [0.25, 0.3) is 5.56 Å². The van der Waals surface area contributed by atoms with Crippen LogP contribution in [0.3, 0.4) is 0 Å². The fraction of sp³-hybridized carbons (Fsp3) is 0.143. The average Bonchev–Trinajstić information content (AvgIpc) is 2.99. The van der Waals surface area contributed by atoms with E-state index in [4.69, 9.17) is 0 Å². The van der Waals surface area contributed by atoms with Crippen molar-refractivity contribution in [3.63, 3.8) is 0 Å². The Balaban J connectivity index is 1.61. The molecule has 130 valence electrons. The van der Waals surface area contributed by atoms with Crippen LogP contribution in [0.25, 0.3) is 12.2 Å². The fourth-order valence-corrected chi connectivity index (χ4v) is 3.77. The van der Waals surface area contributed by atoms with Crippen molar-refractivity contribution in [2.75, 3.05) is 11.6 Å². The number of aromatic nitrogens is 1. The SMILES string of the molecule is Cc1ccc(N2CN=c3sc(=CC=Cc4ccccc4)c(=O)n3C2)cc1. The summed E-state index contributed by atoms with van der Waals surface area (Å²) >= 11 is 1.45. The summed E-state index contributed by atoms with van der Waals surface area (Å²) in [6, 6.07) is 18.3. The Labute approximate surface area is 155 Å². The lowest BCUT2D eigenvalue weighted by Gasteiger charge is -2.25. The molecule has 26 heavy (non-hydrogen) atoms. The minimum Gasteiger partial charge on any atom is -0.334 e. The molecule has 0 unspecified atom stereocenters. The largest absolute Gasteiger partial charge is 0.334 e. The van der Waals surface area contributed by atoms with Crippen molar-refractivity contribution in [1.29, 1.82) is 0 Å². The summed E-state index contributed by atoms with van der Waals surface area (Å²) in [5.74, 6) is 0. The van der Waals surface area contributed by atoms with Crippen molar-refractivity contribution in [1.82, 2.24) is 4.57 Å². The Bertz CT molecular complexity index is 1110. The molecule has 4 nitrogen and oxygen atoms in total. The highest BCUT2D eigenvalue weighted by molar-refractivity contribution is 7.07. The van der Waals surface area contributed by atoms with Gasteiger partial charge in [0.2, 0.25) is 0 Å². The van der Waals surface area contributed by atoms with Crippen LogP contribution in [0.2, 0.25) is 0 Å². The monoisotopic (exact) mass is 361 g/mol. The molecule has 5 heteroatoms. The molecule has 0 fully saturated rings. The van der Waals surface area contributed by atoms with Crippen LogP contribution in [-0.2, 0) is 6.67 Å². The number of hydrogen-bond donors (Lipinski definition) is 0. The lowest BCUT2D eigenvalue weighted by molar-refractivity contribution is 0.569. The Morgan fingerprint density at radius 3 is 2.62 bits per heavy atom. The zero-order valence-electron chi connectivity index (χ0n) is 14.5. The highest BCUT2D eigenvalue weighted by Gasteiger charge is 2.15. The average molecular weight is 361 g/mol. The van der Waals surface area contributed by atoms with Crippen molar-refractivity contribution in [2.45, 2.75) is 13.6 Å². The second kappa shape index (κ2) is 7.14. The summed E-state index contributed by atoms with van der Waals surface area (Å²) in [6.45, 7) is 3.17. The smallest absolute Gasteiger partial charge is 0.271 e. The molecule has 0 saturated carbocycles. The first-order valence-corrected chi connectivity index (χ1v) is 9.31. The Morgan fingerprint density at radius 2 is 1.85 bits per heavy atom. The van der Waals surface area contributed by atoms with Crippen molar-refractivity contribution < 1.29 is 0 Å². The Kier molecular flexibility index (Phi) is 4.54. The number of thiazole rings is 1. The van der Waals surface area contributed by atoms with E-state index < -0.39 is 0 Å². The molecular formula is C21H19N3OS. The molecule has 4 rings (SSSR count). The fourth-order valence-electron chi connectivity index (χ4n) is 2.86. The van der Waals surface area contributed by atoms with Gasteiger partial charge in [-0.3, -0.25) is 9.36 Å². The number of aryl methyl sites for hydroxylation is 1. The van der Waals surface area contributed by atoms with Gasteiger partial charge >= 0.3 is 0 Å². The van der Waals surface area contributed by atoms with Gasteiger partial charge in [0, 0.05) is 5.69 Å². The highest BCUT2D eigenvalue weighted by atomic mass is 32.1. The molecule has 2 heterocycles. The maximum Gasteiger partial charge on any atom is 0.271 e. The summed E-state index contributed by atoms with van der Waals surface area (Å²) in [6.07, 6.45) is 5.79. The van der Waals surface area contributed by atoms with Crippen LogP contribution in [0, 0.1) is 6.92 Å². The highest BCUT2D eigenvalue weighted by Crippen LogP contribution is 2.16. The molecule has 1 aliphatic heterocycles. The molecule has 0 spiro atoms. The standard InChI is InChI=1S/C21H19N3OS/c1-16-10-12-18(13-11-16)23-14-22-21-24(15-23)20(25)19(26-21)9-5-8-17-6-3-2-4-7-17/h2-13H,14-15H2,1H3. The van der Waals surface area contributed by atoms with Gasteiger partial charge in [0.05, 0.1) is 4.53 Å². The number of hydrogen-bond acceptors (Lipinski definition) is 4. The van der Waals surface area contributed by atoms with E-state index in [-0.39, 0.29) is 5.56 Å². The molecule has 0 aliphatic carbocycles. The second-order valence-electron chi connectivity index (χ2n) is 6.23. The van der Waals surface area contributed by atoms with Gasteiger partial charge in [0.1, 0.15) is 13.3 Å². The third kappa shape index (κ3) is 3.39. The van der Waals surface area contributed by atoms with E-state index in [2.05, 4.69) is 41.1 Å². The van der Waals surface area contributed by atoms with E-state index in [1.807, 2.05) is 48.6 Å². The lowest BCUT2D eigenvalue weighted by Crippen LogP contribution is -2.42. The number of fused-ring (bicyclic) bond motifs is 1. The van der Waals surface area contributed by atoms with Gasteiger partial charge in [-0.15, -0.1) is 0 Å². The number of rotatable bonds is 3. The summed E-state index contributed by atoms with van der Waals surface area (Å²) in [5.41, 5.74) is 3.43. The first-order chi connectivity index (χ1) is 12.7. The molecule has 1 aliphatic rings. The predicted octanol–water partition coefficient (Wildman–Crippen LogP) is 2.77. The zero-order chi connectivity index (χ0) is 17.9. The minimum atomic E-state index is 0.0169. The van der Waals surface area contributed by atoms with E-state index in [1.54, 1.807) is 4.57 Å². The first kappa shape index (κ1) is 16.5. The maximum atomic E-state index is 12.7. The molecule has 3 aromatic rings. The summed E-state index contributed by atoms with van der Waals surface area (Å²) in [4.78, 5) is 20.2. The van der Waals surface area contributed by atoms with Crippen molar-refractivity contribution in [2.24, 2.45) is 4.99 Å². The first-order valence-electron chi connectivity index (χ1n) is 8.50. The quantitative estimate of drug-likeness (QED) is 0.719. The van der Waals surface area contributed by atoms with Crippen LogP contribution in [0.15, 0.2) is 70.5 Å². The van der Waals surface area contributed by atoms with Crippen LogP contribution in [0.5, 0.6) is 0 Å². The van der Waals surface area contributed by atoms with Gasteiger partial charge < -0.3 is 4.90 Å². The third-order valence-electron chi connectivity index (χ3n) is 4.31. The van der Waals surface area contributed by atoms with Gasteiger partial charge in [-0.05, 0) is 30.7 Å². The van der Waals surface area contributed by atoms with E-state index in [0.29, 0.717) is 17.9 Å². The molecule has 2 aromatic carbocycles. The zero-order valence-corrected chi connectivity index (χ0v) is 15.3. The predicted molar refractivity (Wildman–Crippen MR) is 108 cm³/mol. The molecular weight excluding hydrogens is 342 g/mol. The molecule has 0 radical (unpaired) electrons. The Morgan fingerprint density at radius 1 is 1.08 bits per heavy atom. The summed E-state index contributed by atoms with van der Waals surface area (Å²) < 4.78 is 2.46.